The van der Waals surface area contributed by atoms with Gasteiger partial charge in [-0.3, -0.25) is 0 Å². The molecule has 0 fully saturated rings. The summed E-state index contributed by atoms with van der Waals surface area (Å²) in [6.45, 7) is 1.47. The third kappa shape index (κ3) is 5.70. The highest BCUT2D eigenvalue weighted by molar-refractivity contribution is 6.30. The van der Waals surface area contributed by atoms with Crippen LogP contribution in [0.5, 0.6) is 0 Å². The molecule has 1 aromatic heterocycles. The molecule has 0 atom stereocenters. The fourth-order valence-corrected chi connectivity index (χ4v) is 2.78. The maximum Gasteiger partial charge on any atom is 0.131 e. The van der Waals surface area contributed by atoms with E-state index in [1.807, 2.05) is 24.3 Å². The Morgan fingerprint density at radius 1 is 0.808 bits per heavy atom. The number of hydrogen-bond acceptors (Lipinski definition) is 4. The van der Waals surface area contributed by atoms with E-state index in [0.717, 1.165) is 41.6 Å². The summed E-state index contributed by atoms with van der Waals surface area (Å²) in [5.41, 5.74) is 2.25. The first kappa shape index (κ1) is 18.1. The van der Waals surface area contributed by atoms with Gasteiger partial charge in [0.05, 0.1) is 0 Å². The van der Waals surface area contributed by atoms with E-state index in [1.54, 1.807) is 12.1 Å². The van der Waals surface area contributed by atoms with E-state index in [4.69, 9.17) is 11.6 Å². The molecule has 4 nitrogen and oxygen atoms in total. The number of nitrogens with zero attached hydrogens (tertiary/aromatic N) is 2. The van der Waals surface area contributed by atoms with Gasteiger partial charge < -0.3 is 10.6 Å². The lowest BCUT2D eigenvalue weighted by atomic mass is 10.1. The molecule has 6 heteroatoms. The molecule has 0 aliphatic carbocycles. The maximum atomic E-state index is 12.9. The van der Waals surface area contributed by atoms with Crippen LogP contribution in [0.1, 0.15) is 11.1 Å². The maximum absolute atomic E-state index is 12.9. The van der Waals surface area contributed by atoms with Gasteiger partial charge >= 0.3 is 0 Å². The minimum atomic E-state index is -0.217. The lowest BCUT2D eigenvalue weighted by Crippen LogP contribution is -2.09. The van der Waals surface area contributed by atoms with Gasteiger partial charge in [0.25, 0.3) is 0 Å². The molecule has 0 spiro atoms. The van der Waals surface area contributed by atoms with Gasteiger partial charge in [-0.25, -0.2) is 14.4 Å². The number of anilines is 2. The molecule has 0 bridgehead atoms. The Morgan fingerprint density at radius 3 is 2.12 bits per heavy atom. The largest absolute Gasteiger partial charge is 0.370 e. The van der Waals surface area contributed by atoms with Crippen molar-refractivity contribution in [3.05, 3.63) is 82.9 Å². The smallest absolute Gasteiger partial charge is 0.131 e. The lowest BCUT2D eigenvalue weighted by molar-refractivity contribution is 0.627. The summed E-state index contributed by atoms with van der Waals surface area (Å²) in [5, 5.41) is 7.30. The van der Waals surface area contributed by atoms with Gasteiger partial charge in [0.1, 0.15) is 23.8 Å². The van der Waals surface area contributed by atoms with E-state index in [2.05, 4.69) is 26.7 Å². The van der Waals surface area contributed by atoms with Gasteiger partial charge in [-0.05, 0) is 48.2 Å². The molecule has 2 aromatic carbocycles. The van der Waals surface area contributed by atoms with Gasteiger partial charge in [0, 0.05) is 24.2 Å². The van der Waals surface area contributed by atoms with Crippen LogP contribution >= 0.6 is 11.6 Å². The van der Waals surface area contributed by atoms with Crippen molar-refractivity contribution >= 4 is 23.2 Å². The second-order valence-electron chi connectivity index (χ2n) is 5.90. The Hall–Kier alpha value is -2.66. The lowest BCUT2D eigenvalue weighted by Gasteiger charge is -2.09. The first-order valence-corrected chi connectivity index (χ1v) is 8.85. The normalized spacial score (nSPS) is 10.5. The van der Waals surface area contributed by atoms with E-state index in [9.17, 15) is 4.39 Å². The van der Waals surface area contributed by atoms with Crippen LogP contribution in [-0.4, -0.2) is 23.1 Å². The van der Waals surface area contributed by atoms with Crippen LogP contribution in [0.4, 0.5) is 16.0 Å². The molecule has 0 aliphatic heterocycles. The summed E-state index contributed by atoms with van der Waals surface area (Å²) in [4.78, 5) is 8.46. The highest BCUT2D eigenvalue weighted by atomic mass is 35.5. The highest BCUT2D eigenvalue weighted by Gasteiger charge is 2.00. The molecule has 0 aliphatic rings. The first-order valence-electron chi connectivity index (χ1n) is 8.48. The van der Waals surface area contributed by atoms with E-state index < -0.39 is 0 Å². The van der Waals surface area contributed by atoms with Gasteiger partial charge in [0.2, 0.25) is 0 Å². The van der Waals surface area contributed by atoms with Gasteiger partial charge in [-0.1, -0.05) is 35.9 Å². The van der Waals surface area contributed by atoms with Crippen molar-refractivity contribution in [3.63, 3.8) is 0 Å². The SMILES string of the molecule is Fc1ccc(CCNc2cc(NCCc3cccc(Cl)c3)ncn2)cc1. The zero-order valence-electron chi connectivity index (χ0n) is 14.3. The second kappa shape index (κ2) is 9.15. The Kier molecular flexibility index (Phi) is 6.39. The fraction of sp³-hybridized carbons (Fsp3) is 0.200. The molecule has 0 saturated heterocycles. The van der Waals surface area contributed by atoms with Crippen molar-refractivity contribution in [1.82, 2.24) is 9.97 Å². The minimum absolute atomic E-state index is 0.217. The van der Waals surface area contributed by atoms with E-state index in [0.29, 0.717) is 6.54 Å². The predicted octanol–water partition coefficient (Wildman–Crippen LogP) is 4.58. The minimum Gasteiger partial charge on any atom is -0.370 e. The standard InChI is InChI=1S/C20H20ClFN4/c21-17-3-1-2-16(12-17)9-11-24-20-13-19(25-14-26-20)23-10-8-15-4-6-18(22)7-5-15/h1-7,12-14H,8-11H2,(H2,23,24,25,26). The molecule has 0 unspecified atom stereocenters. The number of hydrogen-bond donors (Lipinski definition) is 2. The van der Waals surface area contributed by atoms with Crippen LogP contribution in [0.2, 0.25) is 5.02 Å². The van der Waals surface area contributed by atoms with Crippen molar-refractivity contribution < 1.29 is 4.39 Å². The summed E-state index contributed by atoms with van der Waals surface area (Å²) < 4.78 is 12.9. The Balaban J connectivity index is 1.46. The van der Waals surface area contributed by atoms with E-state index in [-0.39, 0.29) is 5.82 Å². The zero-order chi connectivity index (χ0) is 18.2. The molecule has 134 valence electrons. The van der Waals surface area contributed by atoms with Gasteiger partial charge in [0.15, 0.2) is 0 Å². The molecule has 26 heavy (non-hydrogen) atoms. The fourth-order valence-electron chi connectivity index (χ4n) is 2.56. The average Bonchev–Trinajstić information content (AvgIpc) is 2.64. The van der Waals surface area contributed by atoms with Crippen molar-refractivity contribution in [2.75, 3.05) is 23.7 Å². The average molecular weight is 371 g/mol. The molecule has 0 saturated carbocycles. The molecule has 3 aromatic rings. The highest BCUT2D eigenvalue weighted by Crippen LogP contribution is 2.12. The van der Waals surface area contributed by atoms with Gasteiger partial charge in [-0.15, -0.1) is 0 Å². The predicted molar refractivity (Wildman–Crippen MR) is 104 cm³/mol. The Labute approximate surface area is 157 Å². The molecule has 3 rings (SSSR count). The van der Waals surface area contributed by atoms with Crippen LogP contribution in [0.3, 0.4) is 0 Å². The van der Waals surface area contributed by atoms with Crippen molar-refractivity contribution in [2.24, 2.45) is 0 Å². The van der Waals surface area contributed by atoms with Crippen LogP contribution in [0.25, 0.3) is 0 Å². The summed E-state index contributed by atoms with van der Waals surface area (Å²) in [7, 11) is 0. The molecule has 0 radical (unpaired) electrons. The van der Waals surface area contributed by atoms with Crippen LogP contribution in [0, 0.1) is 5.82 Å². The third-order valence-corrected chi connectivity index (χ3v) is 4.14. The van der Waals surface area contributed by atoms with Crippen molar-refractivity contribution in [1.29, 1.82) is 0 Å². The molecular formula is C20H20ClFN4. The van der Waals surface area contributed by atoms with Gasteiger partial charge in [-0.2, -0.15) is 0 Å². The quantitative estimate of drug-likeness (QED) is 0.609. The number of nitrogens with one attached hydrogen (secondary N) is 2. The zero-order valence-corrected chi connectivity index (χ0v) is 15.0. The first-order chi connectivity index (χ1) is 12.7. The molecule has 1 heterocycles. The van der Waals surface area contributed by atoms with E-state index >= 15 is 0 Å². The second-order valence-corrected chi connectivity index (χ2v) is 6.33. The van der Waals surface area contributed by atoms with Crippen LogP contribution in [0.15, 0.2) is 60.9 Å². The topological polar surface area (TPSA) is 49.8 Å². The van der Waals surface area contributed by atoms with Crippen molar-refractivity contribution in [2.45, 2.75) is 12.8 Å². The number of rotatable bonds is 8. The van der Waals surface area contributed by atoms with E-state index in [1.165, 1.54) is 24.0 Å². The third-order valence-electron chi connectivity index (χ3n) is 3.91. The molecular weight excluding hydrogens is 351 g/mol. The molecule has 0 amide bonds. The summed E-state index contributed by atoms with van der Waals surface area (Å²) in [6.07, 6.45) is 3.18. The summed E-state index contributed by atoms with van der Waals surface area (Å²) >= 11 is 5.99. The van der Waals surface area contributed by atoms with Crippen molar-refractivity contribution in [3.8, 4) is 0 Å². The summed E-state index contributed by atoms with van der Waals surface area (Å²) in [5.74, 6) is 1.31. The summed E-state index contributed by atoms with van der Waals surface area (Å²) in [6, 6.07) is 16.2. The number of halogens is 2. The monoisotopic (exact) mass is 370 g/mol. The molecule has 2 N–H and O–H groups in total. The number of aromatic nitrogens is 2. The Morgan fingerprint density at radius 2 is 1.46 bits per heavy atom. The van der Waals surface area contributed by atoms with Crippen LogP contribution in [-0.2, 0) is 12.8 Å². The number of benzene rings is 2. The Bertz CT molecular complexity index is 839. The van der Waals surface area contributed by atoms with Crippen LogP contribution < -0.4 is 10.6 Å².